The van der Waals surface area contributed by atoms with E-state index in [4.69, 9.17) is 0 Å². The molecule has 1 aliphatic carbocycles. The highest BCUT2D eigenvalue weighted by atomic mass is 14.9. The van der Waals surface area contributed by atoms with Crippen LogP contribution in [0.25, 0.3) is 22.4 Å². The van der Waals surface area contributed by atoms with Crippen LogP contribution in [0.1, 0.15) is 31.2 Å². The molecular formula is C18H16N4. The van der Waals surface area contributed by atoms with Crippen molar-refractivity contribution in [1.29, 1.82) is 5.26 Å². The van der Waals surface area contributed by atoms with E-state index in [9.17, 15) is 5.26 Å². The highest BCUT2D eigenvalue weighted by Gasteiger charge is 2.35. The molecule has 0 aliphatic heterocycles. The number of fused-ring (bicyclic) bond motifs is 1. The molecule has 2 heterocycles. The monoisotopic (exact) mass is 288 g/mol. The van der Waals surface area contributed by atoms with Gasteiger partial charge >= 0.3 is 0 Å². The van der Waals surface area contributed by atoms with Crippen LogP contribution < -0.4 is 0 Å². The van der Waals surface area contributed by atoms with Crippen molar-refractivity contribution < 1.29 is 0 Å². The molecule has 108 valence electrons. The molecule has 3 aromatic rings. The Morgan fingerprint density at radius 3 is 2.59 bits per heavy atom. The lowest BCUT2D eigenvalue weighted by Crippen LogP contribution is -2.18. The maximum atomic E-state index is 9.64. The van der Waals surface area contributed by atoms with Crippen LogP contribution in [-0.4, -0.2) is 15.0 Å². The average Bonchev–Trinajstić information content (AvgIpc) is 3.22. The van der Waals surface area contributed by atoms with Crippen molar-refractivity contribution in [2.75, 3.05) is 0 Å². The lowest BCUT2D eigenvalue weighted by Gasteiger charge is -2.20. The SMILES string of the molecule is N#CC1(c2ccc3[nH]c(-c4ccncc4)nc3c2)CCCC1. The molecule has 1 saturated carbocycles. The predicted octanol–water partition coefficient (Wildman–Crippen LogP) is 3.96. The van der Waals surface area contributed by atoms with Crippen LogP contribution in [-0.2, 0) is 5.41 Å². The molecule has 4 heteroatoms. The van der Waals surface area contributed by atoms with Crippen molar-refractivity contribution in [3.8, 4) is 17.5 Å². The summed E-state index contributed by atoms with van der Waals surface area (Å²) in [5.74, 6) is 0.840. The van der Waals surface area contributed by atoms with Gasteiger partial charge in [0.05, 0.1) is 22.5 Å². The number of aromatic amines is 1. The Morgan fingerprint density at radius 1 is 1.09 bits per heavy atom. The molecule has 2 aromatic heterocycles. The summed E-state index contributed by atoms with van der Waals surface area (Å²) < 4.78 is 0. The molecule has 1 aromatic carbocycles. The van der Waals surface area contributed by atoms with Gasteiger partial charge in [-0.05, 0) is 42.7 Å². The fraction of sp³-hybridized carbons (Fsp3) is 0.278. The van der Waals surface area contributed by atoms with Crippen molar-refractivity contribution in [2.24, 2.45) is 0 Å². The van der Waals surface area contributed by atoms with Gasteiger partial charge in [-0.1, -0.05) is 18.9 Å². The van der Waals surface area contributed by atoms with Crippen molar-refractivity contribution in [1.82, 2.24) is 15.0 Å². The van der Waals surface area contributed by atoms with E-state index in [-0.39, 0.29) is 5.41 Å². The Bertz CT molecular complexity index is 852. The van der Waals surface area contributed by atoms with Crippen LogP contribution in [0.4, 0.5) is 0 Å². The maximum Gasteiger partial charge on any atom is 0.138 e. The number of rotatable bonds is 2. The van der Waals surface area contributed by atoms with E-state index in [0.717, 1.165) is 53.7 Å². The van der Waals surface area contributed by atoms with Gasteiger partial charge in [0.1, 0.15) is 5.82 Å². The van der Waals surface area contributed by atoms with Crippen LogP contribution in [0.2, 0.25) is 0 Å². The third-order valence-corrected chi connectivity index (χ3v) is 4.66. The summed E-state index contributed by atoms with van der Waals surface area (Å²) in [6.07, 6.45) is 7.70. The molecule has 0 bridgehead atoms. The van der Waals surface area contributed by atoms with Crippen molar-refractivity contribution in [3.63, 3.8) is 0 Å². The van der Waals surface area contributed by atoms with E-state index in [1.54, 1.807) is 12.4 Å². The van der Waals surface area contributed by atoms with Gasteiger partial charge in [-0.2, -0.15) is 5.26 Å². The van der Waals surface area contributed by atoms with Crippen molar-refractivity contribution in [2.45, 2.75) is 31.1 Å². The molecule has 0 radical (unpaired) electrons. The molecule has 1 fully saturated rings. The number of hydrogen-bond donors (Lipinski definition) is 1. The summed E-state index contributed by atoms with van der Waals surface area (Å²) in [5, 5.41) is 9.64. The first-order valence-corrected chi connectivity index (χ1v) is 7.63. The fourth-order valence-electron chi connectivity index (χ4n) is 3.39. The molecule has 4 nitrogen and oxygen atoms in total. The van der Waals surface area contributed by atoms with Crippen LogP contribution in [0.5, 0.6) is 0 Å². The van der Waals surface area contributed by atoms with Crippen LogP contribution in [0.15, 0.2) is 42.7 Å². The molecular weight excluding hydrogens is 272 g/mol. The number of nitriles is 1. The number of H-pyrrole nitrogens is 1. The smallest absolute Gasteiger partial charge is 0.138 e. The van der Waals surface area contributed by atoms with Crippen LogP contribution in [0, 0.1) is 11.3 Å². The van der Waals surface area contributed by atoms with Gasteiger partial charge in [0.15, 0.2) is 0 Å². The number of pyridine rings is 1. The minimum Gasteiger partial charge on any atom is -0.338 e. The van der Waals surface area contributed by atoms with E-state index in [1.807, 2.05) is 18.2 Å². The molecule has 0 atom stereocenters. The Labute approximate surface area is 128 Å². The van der Waals surface area contributed by atoms with Crippen molar-refractivity contribution in [3.05, 3.63) is 48.3 Å². The fourth-order valence-corrected chi connectivity index (χ4v) is 3.39. The van der Waals surface area contributed by atoms with Crippen LogP contribution in [0.3, 0.4) is 0 Å². The number of aromatic nitrogens is 3. The molecule has 0 amide bonds. The normalized spacial score (nSPS) is 16.7. The number of nitrogens with one attached hydrogen (secondary N) is 1. The van der Waals surface area contributed by atoms with Gasteiger partial charge in [-0.25, -0.2) is 4.98 Å². The summed E-state index contributed by atoms with van der Waals surface area (Å²) in [6, 6.07) is 12.6. The standard InChI is InChI=1S/C18H16N4/c19-12-18(7-1-2-8-18)14-3-4-15-16(11-14)22-17(21-15)13-5-9-20-10-6-13/h3-6,9-11H,1-2,7-8H2,(H,21,22). The molecule has 1 aliphatic rings. The Hall–Kier alpha value is -2.67. The molecule has 4 rings (SSSR count). The van der Waals surface area contributed by atoms with Gasteiger partial charge in [0, 0.05) is 18.0 Å². The Morgan fingerprint density at radius 2 is 1.86 bits per heavy atom. The Kier molecular flexibility index (Phi) is 2.93. The lowest BCUT2D eigenvalue weighted by molar-refractivity contribution is 0.573. The summed E-state index contributed by atoms with van der Waals surface area (Å²) in [4.78, 5) is 12.1. The van der Waals surface area contributed by atoms with Crippen LogP contribution >= 0.6 is 0 Å². The second-order valence-corrected chi connectivity index (χ2v) is 5.95. The maximum absolute atomic E-state index is 9.64. The van der Waals surface area contributed by atoms with E-state index in [2.05, 4.69) is 33.2 Å². The summed E-state index contributed by atoms with van der Waals surface area (Å²) >= 11 is 0. The first-order valence-electron chi connectivity index (χ1n) is 7.63. The zero-order valence-electron chi connectivity index (χ0n) is 12.2. The quantitative estimate of drug-likeness (QED) is 0.776. The summed E-state index contributed by atoms with van der Waals surface area (Å²) in [5.41, 5.74) is 3.73. The third-order valence-electron chi connectivity index (χ3n) is 4.66. The van der Waals surface area contributed by atoms with Gasteiger partial charge in [-0.3, -0.25) is 4.98 Å². The Balaban J connectivity index is 1.80. The van der Waals surface area contributed by atoms with Gasteiger partial charge in [-0.15, -0.1) is 0 Å². The molecule has 0 spiro atoms. The van der Waals surface area contributed by atoms with Gasteiger partial charge < -0.3 is 4.98 Å². The minimum atomic E-state index is -0.316. The second kappa shape index (κ2) is 4.96. The van der Waals surface area contributed by atoms with Gasteiger partial charge in [0.2, 0.25) is 0 Å². The topological polar surface area (TPSA) is 65.4 Å². The zero-order chi connectivity index (χ0) is 15.0. The number of hydrogen-bond acceptors (Lipinski definition) is 3. The number of imidazole rings is 1. The molecule has 1 N–H and O–H groups in total. The largest absolute Gasteiger partial charge is 0.338 e. The van der Waals surface area contributed by atoms with Gasteiger partial charge in [0.25, 0.3) is 0 Å². The lowest BCUT2D eigenvalue weighted by atomic mass is 9.80. The summed E-state index contributed by atoms with van der Waals surface area (Å²) in [6.45, 7) is 0. The zero-order valence-corrected chi connectivity index (χ0v) is 12.2. The number of nitrogens with zero attached hydrogens (tertiary/aromatic N) is 3. The first-order chi connectivity index (χ1) is 10.8. The second-order valence-electron chi connectivity index (χ2n) is 5.95. The number of benzene rings is 1. The molecule has 0 unspecified atom stereocenters. The van der Waals surface area contributed by atoms with E-state index in [0.29, 0.717) is 0 Å². The van der Waals surface area contributed by atoms with E-state index < -0.39 is 0 Å². The molecule has 0 saturated heterocycles. The van der Waals surface area contributed by atoms with E-state index >= 15 is 0 Å². The van der Waals surface area contributed by atoms with Crippen molar-refractivity contribution >= 4 is 11.0 Å². The highest BCUT2D eigenvalue weighted by molar-refractivity contribution is 5.80. The first kappa shape index (κ1) is 13.0. The van der Waals surface area contributed by atoms with E-state index in [1.165, 1.54) is 0 Å². The molecule has 22 heavy (non-hydrogen) atoms. The average molecular weight is 288 g/mol. The third kappa shape index (κ3) is 1.98. The minimum absolute atomic E-state index is 0.316. The highest BCUT2D eigenvalue weighted by Crippen LogP contribution is 2.41. The summed E-state index contributed by atoms with van der Waals surface area (Å²) in [7, 11) is 0. The predicted molar refractivity (Wildman–Crippen MR) is 85.1 cm³/mol.